The fourth-order valence-corrected chi connectivity index (χ4v) is 6.15. The van der Waals surface area contributed by atoms with E-state index in [2.05, 4.69) is 4.98 Å². The zero-order chi connectivity index (χ0) is 13.5. The molecule has 3 rings (SSSR count). The van der Waals surface area contributed by atoms with Crippen molar-refractivity contribution in [2.75, 3.05) is 0 Å². The summed E-state index contributed by atoms with van der Waals surface area (Å²) in [6.07, 6.45) is 5.25. The van der Waals surface area contributed by atoms with E-state index in [4.69, 9.17) is 0 Å². The van der Waals surface area contributed by atoms with Gasteiger partial charge in [-0.2, -0.15) is 0 Å². The van der Waals surface area contributed by atoms with E-state index >= 15 is 0 Å². The highest BCUT2D eigenvalue weighted by atomic mass is 32.2. The van der Waals surface area contributed by atoms with Gasteiger partial charge in [-0.3, -0.25) is 4.98 Å². The molecule has 2 atom stereocenters. The maximum atomic E-state index is 12.2. The molecule has 104 valence electrons. The minimum absolute atomic E-state index is 0.353. The van der Waals surface area contributed by atoms with Gasteiger partial charge in [0.05, 0.1) is 16.1 Å². The maximum absolute atomic E-state index is 12.2. The van der Waals surface area contributed by atoms with Crippen LogP contribution in [0.2, 0.25) is 0 Å². The monoisotopic (exact) mass is 281 g/mol. The predicted octanol–water partition coefficient (Wildman–Crippen LogP) is 1.48. The van der Waals surface area contributed by atoms with Gasteiger partial charge < -0.3 is 5.11 Å². The van der Waals surface area contributed by atoms with Gasteiger partial charge in [-0.25, -0.2) is 8.42 Å². The first-order valence-electron chi connectivity index (χ1n) is 6.85. The lowest BCUT2D eigenvalue weighted by Gasteiger charge is -2.43. The predicted molar refractivity (Wildman–Crippen MR) is 72.5 cm³/mol. The molecule has 1 aromatic rings. The molecule has 2 unspecified atom stereocenters. The molecular formula is C14H19NO3S. The number of fused-ring (bicyclic) bond motifs is 2. The summed E-state index contributed by atoms with van der Waals surface area (Å²) < 4.78 is 24.4. The Morgan fingerprint density at radius 2 is 1.95 bits per heavy atom. The Bertz CT molecular complexity index is 535. The number of aliphatic hydroxyl groups is 1. The third kappa shape index (κ3) is 2.41. The summed E-state index contributed by atoms with van der Waals surface area (Å²) in [4.78, 5) is 4.24. The lowest BCUT2D eigenvalue weighted by Crippen LogP contribution is -2.52. The molecule has 2 bridgehead atoms. The fourth-order valence-electron chi connectivity index (χ4n) is 3.53. The van der Waals surface area contributed by atoms with Crippen molar-refractivity contribution in [3.63, 3.8) is 0 Å². The van der Waals surface area contributed by atoms with Crippen LogP contribution < -0.4 is 0 Å². The summed E-state index contributed by atoms with van der Waals surface area (Å²) in [5.41, 5.74) is -0.0718. The van der Waals surface area contributed by atoms with Crippen LogP contribution in [0.5, 0.6) is 0 Å². The van der Waals surface area contributed by atoms with Crippen LogP contribution in [0.15, 0.2) is 24.4 Å². The minimum atomic E-state index is -3.01. The summed E-state index contributed by atoms with van der Waals surface area (Å²) in [7, 11) is -3.01. The number of nitrogens with zero attached hydrogens (tertiary/aromatic N) is 1. The molecule has 3 heterocycles. The number of sulfone groups is 1. The van der Waals surface area contributed by atoms with Crippen LogP contribution in [0.25, 0.3) is 0 Å². The quantitative estimate of drug-likeness (QED) is 0.891. The molecule has 1 aromatic heterocycles. The Morgan fingerprint density at radius 3 is 2.53 bits per heavy atom. The molecule has 0 aromatic carbocycles. The second-order valence-corrected chi connectivity index (χ2v) is 8.41. The number of hydrogen-bond acceptors (Lipinski definition) is 4. The van der Waals surface area contributed by atoms with Crippen molar-refractivity contribution in [2.24, 2.45) is 0 Å². The first kappa shape index (κ1) is 13.1. The highest BCUT2D eigenvalue weighted by Crippen LogP contribution is 2.42. The molecule has 2 fully saturated rings. The van der Waals surface area contributed by atoms with E-state index in [1.165, 1.54) is 0 Å². The van der Waals surface area contributed by atoms with E-state index in [9.17, 15) is 13.5 Å². The largest absolute Gasteiger partial charge is 0.389 e. The van der Waals surface area contributed by atoms with Crippen LogP contribution >= 0.6 is 0 Å². The smallest absolute Gasteiger partial charge is 0.156 e. The van der Waals surface area contributed by atoms with Gasteiger partial charge in [-0.05, 0) is 37.8 Å². The van der Waals surface area contributed by atoms with Gasteiger partial charge in [0, 0.05) is 18.3 Å². The zero-order valence-corrected chi connectivity index (χ0v) is 11.6. The van der Waals surface area contributed by atoms with Gasteiger partial charge in [0.2, 0.25) is 0 Å². The highest BCUT2D eigenvalue weighted by Gasteiger charge is 2.50. The van der Waals surface area contributed by atoms with E-state index < -0.39 is 15.4 Å². The molecule has 0 saturated carbocycles. The Balaban J connectivity index is 1.83. The molecule has 5 heteroatoms. The standard InChI is InChI=1S/C14H19NO3S/c16-14(8-11-4-1-2-7-15-11)9-12-5-3-6-13(10-14)19(12,17)18/h1-2,4,7,12-13,16H,3,5-6,8-10H2. The van der Waals surface area contributed by atoms with Crippen molar-refractivity contribution < 1.29 is 13.5 Å². The van der Waals surface area contributed by atoms with Crippen molar-refractivity contribution in [1.29, 1.82) is 0 Å². The van der Waals surface area contributed by atoms with Crippen LogP contribution in [0.4, 0.5) is 0 Å². The first-order valence-corrected chi connectivity index (χ1v) is 8.46. The van der Waals surface area contributed by atoms with Crippen molar-refractivity contribution in [2.45, 2.75) is 54.6 Å². The van der Waals surface area contributed by atoms with Crippen molar-refractivity contribution in [1.82, 2.24) is 4.98 Å². The molecule has 2 aliphatic rings. The van der Waals surface area contributed by atoms with Crippen molar-refractivity contribution in [3.8, 4) is 0 Å². The third-order valence-electron chi connectivity index (χ3n) is 4.43. The SMILES string of the molecule is O=S1(=O)C2CCCC1CC(O)(Cc1ccccn1)C2. The number of hydrogen-bond donors (Lipinski definition) is 1. The van der Waals surface area contributed by atoms with E-state index in [0.29, 0.717) is 32.1 Å². The zero-order valence-electron chi connectivity index (χ0n) is 10.8. The molecule has 4 nitrogen and oxygen atoms in total. The average Bonchev–Trinajstić information content (AvgIpc) is 2.33. The first-order chi connectivity index (χ1) is 9.00. The van der Waals surface area contributed by atoms with Crippen LogP contribution in [0.3, 0.4) is 0 Å². The topological polar surface area (TPSA) is 67.3 Å². The fraction of sp³-hybridized carbons (Fsp3) is 0.643. The van der Waals surface area contributed by atoms with Gasteiger partial charge in [-0.15, -0.1) is 0 Å². The lowest BCUT2D eigenvalue weighted by molar-refractivity contribution is 0.00907. The number of pyridine rings is 1. The molecule has 0 amide bonds. The Kier molecular flexibility index (Phi) is 3.14. The van der Waals surface area contributed by atoms with Crippen LogP contribution in [0, 0.1) is 0 Å². The Labute approximate surface area is 113 Å². The molecule has 0 spiro atoms. The Hall–Kier alpha value is -0.940. The number of rotatable bonds is 2. The van der Waals surface area contributed by atoms with Gasteiger partial charge in [0.15, 0.2) is 9.84 Å². The molecule has 2 aliphatic heterocycles. The number of aromatic nitrogens is 1. The van der Waals surface area contributed by atoms with Crippen LogP contribution in [-0.2, 0) is 16.3 Å². The normalized spacial score (nSPS) is 36.9. The second kappa shape index (κ2) is 4.56. The Morgan fingerprint density at radius 1 is 1.26 bits per heavy atom. The lowest BCUT2D eigenvalue weighted by atomic mass is 9.82. The molecule has 0 aliphatic carbocycles. The molecule has 0 radical (unpaired) electrons. The summed E-state index contributed by atoms with van der Waals surface area (Å²) in [6.45, 7) is 0. The summed E-state index contributed by atoms with van der Waals surface area (Å²) >= 11 is 0. The minimum Gasteiger partial charge on any atom is -0.389 e. The van der Waals surface area contributed by atoms with Crippen molar-refractivity contribution >= 4 is 9.84 Å². The van der Waals surface area contributed by atoms with Gasteiger partial charge in [-0.1, -0.05) is 12.5 Å². The summed E-state index contributed by atoms with van der Waals surface area (Å²) in [6, 6.07) is 5.62. The van der Waals surface area contributed by atoms with Crippen LogP contribution in [-0.4, -0.2) is 34.6 Å². The average molecular weight is 281 g/mol. The third-order valence-corrected chi connectivity index (χ3v) is 7.10. The van der Waals surface area contributed by atoms with Crippen LogP contribution in [0.1, 0.15) is 37.8 Å². The highest BCUT2D eigenvalue weighted by molar-refractivity contribution is 7.92. The summed E-state index contributed by atoms with van der Waals surface area (Å²) in [5.74, 6) is 0. The second-order valence-electron chi connectivity index (χ2n) is 5.89. The van der Waals surface area contributed by atoms with Gasteiger partial charge >= 0.3 is 0 Å². The van der Waals surface area contributed by atoms with E-state index in [1.807, 2.05) is 18.2 Å². The van der Waals surface area contributed by atoms with E-state index in [0.717, 1.165) is 12.1 Å². The molecule has 19 heavy (non-hydrogen) atoms. The molecule has 1 N–H and O–H groups in total. The van der Waals surface area contributed by atoms with Gasteiger partial charge in [0.25, 0.3) is 0 Å². The summed E-state index contributed by atoms with van der Waals surface area (Å²) in [5, 5.41) is 10.1. The molecular weight excluding hydrogens is 262 g/mol. The van der Waals surface area contributed by atoms with E-state index in [1.54, 1.807) is 6.20 Å². The molecule has 2 saturated heterocycles. The maximum Gasteiger partial charge on any atom is 0.156 e. The van der Waals surface area contributed by atoms with E-state index in [-0.39, 0.29) is 10.5 Å². The van der Waals surface area contributed by atoms with Crippen molar-refractivity contribution in [3.05, 3.63) is 30.1 Å². The van der Waals surface area contributed by atoms with Gasteiger partial charge in [0.1, 0.15) is 0 Å².